The van der Waals surface area contributed by atoms with E-state index in [0.29, 0.717) is 5.82 Å². The summed E-state index contributed by atoms with van der Waals surface area (Å²) in [5.74, 6) is 0.702. The minimum Gasteiger partial charge on any atom is -0.228 e. The molecular weight excluding hydrogens is 769 g/mol. The highest BCUT2D eigenvalue weighted by atomic mass is 32.1. The van der Waals surface area contributed by atoms with Crippen LogP contribution in [0.3, 0.4) is 0 Å². The fraction of sp³-hybridized carbons (Fsp3) is 0.0169. The van der Waals surface area contributed by atoms with Crippen molar-refractivity contribution in [2.45, 2.75) is 5.41 Å². The number of hydrogen-bond donors (Lipinski definition) is 0. The SMILES string of the molecule is c1ccc(-c2nc(-c3ccc(-c4ccc(-c5cccc6c5sc5ccccc56)cc4)cc3)cc(-c3cccc4c3-c3ccccc3C4(c3ccccc3)c3ccccc3)n2)cc1. The second-order valence-electron chi connectivity index (χ2n) is 16.0. The van der Waals surface area contributed by atoms with Crippen molar-refractivity contribution >= 4 is 31.5 Å². The van der Waals surface area contributed by atoms with Crippen LogP contribution in [-0.2, 0) is 5.41 Å². The third-order valence-corrected chi connectivity index (χ3v) is 13.9. The average molecular weight is 807 g/mol. The van der Waals surface area contributed by atoms with Crippen LogP contribution in [0.25, 0.3) is 87.5 Å². The summed E-state index contributed by atoms with van der Waals surface area (Å²) in [6.45, 7) is 0. The van der Waals surface area contributed by atoms with E-state index in [1.807, 2.05) is 17.4 Å². The van der Waals surface area contributed by atoms with Crippen molar-refractivity contribution in [3.63, 3.8) is 0 Å². The molecule has 0 saturated carbocycles. The van der Waals surface area contributed by atoms with E-state index in [1.165, 1.54) is 70.2 Å². The lowest BCUT2D eigenvalue weighted by molar-refractivity contribution is 0.768. The molecule has 0 radical (unpaired) electrons. The van der Waals surface area contributed by atoms with Crippen molar-refractivity contribution in [3.05, 3.63) is 253 Å². The van der Waals surface area contributed by atoms with E-state index in [1.54, 1.807) is 0 Å². The maximum Gasteiger partial charge on any atom is 0.160 e. The number of aromatic nitrogens is 2. The van der Waals surface area contributed by atoms with Crippen molar-refractivity contribution < 1.29 is 0 Å². The number of benzene rings is 9. The fourth-order valence-electron chi connectivity index (χ4n) is 9.81. The van der Waals surface area contributed by atoms with E-state index >= 15 is 0 Å². The third kappa shape index (κ3) is 5.78. The summed E-state index contributed by atoms with van der Waals surface area (Å²) in [5.41, 5.74) is 16.7. The van der Waals surface area contributed by atoms with Gasteiger partial charge in [0.25, 0.3) is 0 Å². The highest BCUT2D eigenvalue weighted by molar-refractivity contribution is 7.26. The molecule has 2 heterocycles. The first-order chi connectivity index (χ1) is 30.7. The largest absolute Gasteiger partial charge is 0.228 e. The van der Waals surface area contributed by atoms with Crippen LogP contribution < -0.4 is 0 Å². The van der Waals surface area contributed by atoms with Gasteiger partial charge < -0.3 is 0 Å². The zero-order valence-electron chi connectivity index (χ0n) is 33.7. The predicted octanol–water partition coefficient (Wildman–Crippen LogP) is 15.5. The van der Waals surface area contributed by atoms with Gasteiger partial charge >= 0.3 is 0 Å². The summed E-state index contributed by atoms with van der Waals surface area (Å²) in [4.78, 5) is 10.6. The highest BCUT2D eigenvalue weighted by Gasteiger charge is 2.46. The van der Waals surface area contributed by atoms with Gasteiger partial charge in [-0.15, -0.1) is 11.3 Å². The number of nitrogens with zero attached hydrogens (tertiary/aromatic N) is 2. The van der Waals surface area contributed by atoms with Gasteiger partial charge in [-0.3, -0.25) is 0 Å². The smallest absolute Gasteiger partial charge is 0.160 e. The molecule has 1 aliphatic rings. The molecule has 0 fully saturated rings. The van der Waals surface area contributed by atoms with Crippen molar-refractivity contribution in [1.82, 2.24) is 9.97 Å². The van der Waals surface area contributed by atoms with Crippen LogP contribution in [0.2, 0.25) is 0 Å². The van der Waals surface area contributed by atoms with Gasteiger partial charge in [0.15, 0.2) is 5.82 Å². The van der Waals surface area contributed by atoms with E-state index in [0.717, 1.165) is 33.6 Å². The Morgan fingerprint density at radius 2 is 0.855 bits per heavy atom. The molecule has 2 aromatic heterocycles. The van der Waals surface area contributed by atoms with Gasteiger partial charge in [-0.25, -0.2) is 9.97 Å². The Hall–Kier alpha value is -7.72. The quantitative estimate of drug-likeness (QED) is 0.160. The molecule has 0 aliphatic heterocycles. The molecular formula is C59H38N2S. The molecule has 11 aromatic rings. The monoisotopic (exact) mass is 806 g/mol. The van der Waals surface area contributed by atoms with Crippen molar-refractivity contribution in [1.29, 1.82) is 0 Å². The molecule has 0 spiro atoms. The van der Waals surface area contributed by atoms with Crippen LogP contribution in [0.4, 0.5) is 0 Å². The molecule has 62 heavy (non-hydrogen) atoms. The molecule has 12 rings (SSSR count). The standard InChI is InChI=1S/C59H38N2S/c1-4-16-43(17-5-1)58-60-53(42-36-32-40(33-37-42)39-30-34-41(35-31-39)46-24-14-25-48-47-22-11-13-29-55(47)62-57(46)48)38-54(61-58)50-26-15-28-52-56(50)49-23-10-12-27-51(49)59(52,44-18-6-2-7-19-44)45-20-8-3-9-21-45/h1-38H. The molecule has 2 nitrogen and oxygen atoms in total. The number of hydrogen-bond acceptors (Lipinski definition) is 3. The van der Waals surface area contributed by atoms with E-state index in [4.69, 9.17) is 9.97 Å². The summed E-state index contributed by atoms with van der Waals surface area (Å²) in [7, 11) is 0. The molecule has 3 heteroatoms. The topological polar surface area (TPSA) is 25.8 Å². The van der Waals surface area contributed by atoms with Crippen LogP contribution in [0.1, 0.15) is 22.3 Å². The minimum atomic E-state index is -0.497. The van der Waals surface area contributed by atoms with E-state index in [9.17, 15) is 0 Å². The Balaban J connectivity index is 0.963. The first-order valence-corrected chi connectivity index (χ1v) is 22.0. The van der Waals surface area contributed by atoms with Crippen LogP contribution >= 0.6 is 11.3 Å². The Bertz CT molecular complexity index is 3390. The molecule has 0 bridgehead atoms. The number of rotatable bonds is 7. The van der Waals surface area contributed by atoms with Crippen LogP contribution in [0, 0.1) is 0 Å². The summed E-state index contributed by atoms with van der Waals surface area (Å²) in [6, 6.07) is 83.3. The van der Waals surface area contributed by atoms with Gasteiger partial charge in [0.1, 0.15) is 0 Å². The third-order valence-electron chi connectivity index (χ3n) is 12.6. The van der Waals surface area contributed by atoms with Crippen LogP contribution in [0.5, 0.6) is 0 Å². The lowest BCUT2D eigenvalue weighted by Gasteiger charge is -2.33. The molecule has 0 N–H and O–H groups in total. The van der Waals surface area contributed by atoms with E-state index in [2.05, 4.69) is 224 Å². The molecule has 0 amide bonds. The van der Waals surface area contributed by atoms with Crippen molar-refractivity contribution in [2.75, 3.05) is 0 Å². The zero-order chi connectivity index (χ0) is 41.0. The maximum atomic E-state index is 5.36. The van der Waals surface area contributed by atoms with Crippen LogP contribution in [0.15, 0.2) is 231 Å². The molecule has 1 aliphatic carbocycles. The Morgan fingerprint density at radius 1 is 0.339 bits per heavy atom. The first-order valence-electron chi connectivity index (χ1n) is 21.1. The second-order valence-corrected chi connectivity index (χ2v) is 17.1. The predicted molar refractivity (Wildman–Crippen MR) is 259 cm³/mol. The van der Waals surface area contributed by atoms with Gasteiger partial charge in [0, 0.05) is 36.9 Å². The summed E-state index contributed by atoms with van der Waals surface area (Å²) in [6.07, 6.45) is 0. The zero-order valence-corrected chi connectivity index (χ0v) is 34.6. The van der Waals surface area contributed by atoms with E-state index < -0.39 is 5.41 Å². The lowest BCUT2D eigenvalue weighted by Crippen LogP contribution is -2.28. The summed E-state index contributed by atoms with van der Waals surface area (Å²) < 4.78 is 2.66. The fourth-order valence-corrected chi connectivity index (χ4v) is 11.0. The normalized spacial score (nSPS) is 12.6. The van der Waals surface area contributed by atoms with Gasteiger partial charge in [0.2, 0.25) is 0 Å². The van der Waals surface area contributed by atoms with Gasteiger partial charge in [-0.1, -0.05) is 218 Å². The number of fused-ring (bicyclic) bond motifs is 6. The molecule has 9 aromatic carbocycles. The lowest BCUT2D eigenvalue weighted by atomic mass is 9.67. The Morgan fingerprint density at radius 3 is 1.58 bits per heavy atom. The average Bonchev–Trinajstić information content (AvgIpc) is 3.89. The van der Waals surface area contributed by atoms with Gasteiger partial charge in [-0.2, -0.15) is 0 Å². The summed E-state index contributed by atoms with van der Waals surface area (Å²) in [5, 5.41) is 2.64. The number of thiophene rings is 1. The minimum absolute atomic E-state index is 0.497. The maximum absolute atomic E-state index is 5.36. The van der Waals surface area contributed by atoms with Crippen molar-refractivity contribution in [3.8, 4) is 67.3 Å². The van der Waals surface area contributed by atoms with Crippen molar-refractivity contribution in [2.24, 2.45) is 0 Å². The Labute approximate surface area is 365 Å². The van der Waals surface area contributed by atoms with Gasteiger partial charge in [0.05, 0.1) is 16.8 Å². The highest BCUT2D eigenvalue weighted by Crippen LogP contribution is 2.58. The summed E-state index contributed by atoms with van der Waals surface area (Å²) >= 11 is 1.87. The molecule has 0 unspecified atom stereocenters. The Kier molecular flexibility index (Phi) is 8.62. The van der Waals surface area contributed by atoms with E-state index in [-0.39, 0.29) is 0 Å². The first kappa shape index (κ1) is 36.2. The molecule has 0 saturated heterocycles. The second kappa shape index (κ2) is 14.8. The van der Waals surface area contributed by atoms with Gasteiger partial charge in [-0.05, 0) is 67.8 Å². The molecule has 290 valence electrons. The molecule has 0 atom stereocenters. The van der Waals surface area contributed by atoms with Crippen LogP contribution in [-0.4, -0.2) is 9.97 Å².